The fourth-order valence-electron chi connectivity index (χ4n) is 8.25. The predicted octanol–water partition coefficient (Wildman–Crippen LogP) is 16.6. The van der Waals surface area contributed by atoms with E-state index in [0.29, 0.717) is 19.3 Å². The third-order valence-corrected chi connectivity index (χ3v) is 12.4. The number of rotatable bonds is 49. The Kier molecular flexibility index (Phi) is 49.1. The molecule has 0 rings (SSSR count). The molecule has 0 aromatic heterocycles. The van der Waals surface area contributed by atoms with E-state index in [0.717, 1.165) is 83.5 Å². The lowest BCUT2D eigenvalue weighted by Crippen LogP contribution is -2.46. The first-order valence-electron chi connectivity index (χ1n) is 27.4. The van der Waals surface area contributed by atoms with E-state index in [-0.39, 0.29) is 24.9 Å². The maximum atomic E-state index is 13.2. The average molecular weight is 884 g/mol. The highest BCUT2D eigenvalue weighted by molar-refractivity contribution is 5.77. The summed E-state index contributed by atoms with van der Waals surface area (Å²) in [5, 5.41) is 23.8. The van der Waals surface area contributed by atoms with Gasteiger partial charge in [0, 0.05) is 6.42 Å². The van der Waals surface area contributed by atoms with Crippen LogP contribution in [0.3, 0.4) is 0 Å². The minimum Gasteiger partial charge on any atom is -0.462 e. The quantitative estimate of drug-likeness (QED) is 0.0245. The summed E-state index contributed by atoms with van der Waals surface area (Å²) in [6, 6.07) is -0.716. The van der Waals surface area contributed by atoms with Crippen LogP contribution in [-0.4, -0.2) is 46.9 Å². The molecule has 6 nitrogen and oxygen atoms in total. The Bertz CT molecular complexity index is 1080. The lowest BCUT2D eigenvalue weighted by atomic mass is 10.0. The summed E-state index contributed by atoms with van der Waals surface area (Å²) in [7, 11) is 0. The molecule has 6 heteroatoms. The van der Waals surface area contributed by atoms with Crippen LogP contribution < -0.4 is 5.32 Å². The molecule has 0 fully saturated rings. The number of nitrogens with one attached hydrogen (secondary N) is 1. The number of carbonyl (C=O) groups is 2. The molecule has 1 amide bonds. The second-order valence-electron chi connectivity index (χ2n) is 18.7. The number of hydrogen-bond donors (Lipinski definition) is 3. The number of unbranched alkanes of at least 4 members (excludes halogenated alkanes) is 31. The highest BCUT2D eigenvalue weighted by atomic mass is 16.5. The fourth-order valence-corrected chi connectivity index (χ4v) is 8.25. The van der Waals surface area contributed by atoms with Gasteiger partial charge in [-0.05, 0) is 77.0 Å². The van der Waals surface area contributed by atoms with E-state index in [1.54, 1.807) is 0 Å². The predicted molar refractivity (Wildman–Crippen MR) is 273 cm³/mol. The number of carbonyl (C=O) groups excluding carboxylic acids is 2. The van der Waals surface area contributed by atoms with Crippen LogP contribution >= 0.6 is 0 Å². The molecule has 3 atom stereocenters. The van der Waals surface area contributed by atoms with Crippen molar-refractivity contribution in [3.8, 4) is 0 Å². The Morgan fingerprint density at radius 3 is 1.27 bits per heavy atom. The third kappa shape index (κ3) is 46.2. The Morgan fingerprint density at radius 1 is 0.460 bits per heavy atom. The van der Waals surface area contributed by atoms with Crippen molar-refractivity contribution in [2.24, 2.45) is 0 Å². The van der Waals surface area contributed by atoms with Gasteiger partial charge in [-0.15, -0.1) is 0 Å². The number of allylic oxidation sites excluding steroid dienone is 8. The van der Waals surface area contributed by atoms with Crippen LogP contribution in [0.25, 0.3) is 0 Å². The Labute approximate surface area is 391 Å². The summed E-state index contributed by atoms with van der Waals surface area (Å²) < 4.78 is 5.92. The smallest absolute Gasteiger partial charge is 0.306 e. The molecule has 0 aliphatic heterocycles. The second-order valence-corrected chi connectivity index (χ2v) is 18.7. The summed E-state index contributed by atoms with van der Waals surface area (Å²) in [4.78, 5) is 26.2. The number of aliphatic hydroxyl groups is 2. The standard InChI is InChI=1S/C57H105NO5/c1-4-7-10-13-16-19-22-25-27-29-31-33-36-39-42-45-48-53(63-57(62)50-47-44-41-38-35-30-24-21-18-15-12-9-6-3)51-56(61)58-54(52-59)55(60)49-46-43-40-37-34-32-28-26-23-20-17-14-11-8-5-2/h22,25,27,29-31,33,35,53-55,59-60H,4-21,23-24,26,28,32,34,36-52H2,1-3H3,(H,58,61)/b25-22+,29-27+,33-31+,35-30-. The van der Waals surface area contributed by atoms with Crippen LogP contribution in [-0.2, 0) is 14.3 Å². The summed E-state index contributed by atoms with van der Waals surface area (Å²) in [6.45, 7) is 6.46. The van der Waals surface area contributed by atoms with Gasteiger partial charge in [0.15, 0.2) is 0 Å². The van der Waals surface area contributed by atoms with E-state index in [2.05, 4.69) is 74.7 Å². The van der Waals surface area contributed by atoms with E-state index in [1.165, 1.54) is 148 Å². The molecule has 63 heavy (non-hydrogen) atoms. The number of aliphatic hydroxyl groups excluding tert-OH is 2. The molecule has 0 aromatic carbocycles. The zero-order valence-corrected chi connectivity index (χ0v) is 42.0. The van der Waals surface area contributed by atoms with Crippen LogP contribution in [0, 0.1) is 0 Å². The second kappa shape index (κ2) is 50.8. The van der Waals surface area contributed by atoms with Crippen LogP contribution in [0.15, 0.2) is 48.6 Å². The first-order chi connectivity index (χ1) is 31.0. The molecule has 0 heterocycles. The van der Waals surface area contributed by atoms with Crippen molar-refractivity contribution in [1.82, 2.24) is 5.32 Å². The molecule has 0 saturated carbocycles. The Balaban J connectivity index is 4.64. The van der Waals surface area contributed by atoms with Gasteiger partial charge in [0.2, 0.25) is 5.91 Å². The number of amides is 1. The van der Waals surface area contributed by atoms with Gasteiger partial charge in [0.05, 0.1) is 25.2 Å². The van der Waals surface area contributed by atoms with E-state index >= 15 is 0 Å². The molecule has 0 spiro atoms. The maximum absolute atomic E-state index is 13.2. The highest BCUT2D eigenvalue weighted by Crippen LogP contribution is 2.17. The summed E-state index contributed by atoms with van der Waals surface area (Å²) >= 11 is 0. The first-order valence-corrected chi connectivity index (χ1v) is 27.4. The van der Waals surface area contributed by atoms with Crippen molar-refractivity contribution in [1.29, 1.82) is 0 Å². The van der Waals surface area contributed by atoms with Gasteiger partial charge in [0.25, 0.3) is 0 Å². The van der Waals surface area contributed by atoms with Gasteiger partial charge in [0.1, 0.15) is 6.10 Å². The number of esters is 1. The van der Waals surface area contributed by atoms with Gasteiger partial charge >= 0.3 is 5.97 Å². The first kappa shape index (κ1) is 60.8. The van der Waals surface area contributed by atoms with Gasteiger partial charge in [-0.1, -0.05) is 236 Å². The van der Waals surface area contributed by atoms with E-state index in [4.69, 9.17) is 4.74 Å². The van der Waals surface area contributed by atoms with Gasteiger partial charge in [-0.3, -0.25) is 9.59 Å². The third-order valence-electron chi connectivity index (χ3n) is 12.4. The average Bonchev–Trinajstić information content (AvgIpc) is 3.28. The highest BCUT2D eigenvalue weighted by Gasteiger charge is 2.24. The van der Waals surface area contributed by atoms with E-state index < -0.39 is 18.2 Å². The largest absolute Gasteiger partial charge is 0.462 e. The molecular weight excluding hydrogens is 779 g/mol. The van der Waals surface area contributed by atoms with Crippen LogP contribution in [0.2, 0.25) is 0 Å². The monoisotopic (exact) mass is 884 g/mol. The number of ether oxygens (including phenoxy) is 1. The minimum atomic E-state index is -0.799. The van der Waals surface area contributed by atoms with Gasteiger partial charge in [-0.25, -0.2) is 0 Å². The minimum absolute atomic E-state index is 0.0499. The van der Waals surface area contributed by atoms with Crippen molar-refractivity contribution in [3.05, 3.63) is 48.6 Å². The molecule has 0 aromatic rings. The summed E-state index contributed by atoms with van der Waals surface area (Å²) in [5.74, 6) is -0.519. The van der Waals surface area contributed by atoms with Gasteiger partial charge < -0.3 is 20.3 Å². The molecule has 368 valence electrons. The lowest BCUT2D eigenvalue weighted by Gasteiger charge is -2.24. The molecule has 3 unspecified atom stereocenters. The van der Waals surface area contributed by atoms with Crippen LogP contribution in [0.4, 0.5) is 0 Å². The SMILES string of the molecule is CCCCCCC/C=C/C=C/C=C/CCCCCC(CC(=O)NC(CO)C(O)CCCCCCCCCCCCCCCCC)OC(=O)CCCCC/C=C\CCCCCCCC. The zero-order chi connectivity index (χ0) is 45.9. The Hall–Kier alpha value is -2.18. The lowest BCUT2D eigenvalue weighted by molar-refractivity contribution is -0.151. The molecule has 0 aliphatic carbocycles. The zero-order valence-electron chi connectivity index (χ0n) is 42.0. The van der Waals surface area contributed by atoms with Crippen molar-refractivity contribution >= 4 is 11.9 Å². The normalized spacial score (nSPS) is 13.5. The molecular formula is C57H105NO5. The summed E-state index contributed by atoms with van der Waals surface area (Å²) in [5.41, 5.74) is 0. The maximum Gasteiger partial charge on any atom is 0.306 e. The molecule has 0 radical (unpaired) electrons. The van der Waals surface area contributed by atoms with Crippen molar-refractivity contribution in [2.75, 3.05) is 6.61 Å². The van der Waals surface area contributed by atoms with Crippen molar-refractivity contribution < 1.29 is 24.5 Å². The van der Waals surface area contributed by atoms with Crippen molar-refractivity contribution in [2.45, 2.75) is 296 Å². The molecule has 0 bridgehead atoms. The Morgan fingerprint density at radius 2 is 0.825 bits per heavy atom. The van der Waals surface area contributed by atoms with E-state index in [1.807, 2.05) is 0 Å². The van der Waals surface area contributed by atoms with Crippen molar-refractivity contribution in [3.63, 3.8) is 0 Å². The fraction of sp³-hybridized carbons (Fsp3) is 0.825. The number of hydrogen-bond acceptors (Lipinski definition) is 5. The molecule has 3 N–H and O–H groups in total. The van der Waals surface area contributed by atoms with E-state index in [9.17, 15) is 19.8 Å². The van der Waals surface area contributed by atoms with Crippen LogP contribution in [0.1, 0.15) is 278 Å². The van der Waals surface area contributed by atoms with Crippen LogP contribution in [0.5, 0.6) is 0 Å². The molecule has 0 saturated heterocycles. The topological polar surface area (TPSA) is 95.9 Å². The van der Waals surface area contributed by atoms with Gasteiger partial charge in [-0.2, -0.15) is 0 Å². The molecule has 0 aliphatic rings. The summed E-state index contributed by atoms with van der Waals surface area (Å²) in [6.07, 6.45) is 61.7.